The summed E-state index contributed by atoms with van der Waals surface area (Å²) in [6, 6.07) is 10.8. The van der Waals surface area contributed by atoms with Crippen molar-refractivity contribution in [2.75, 3.05) is 6.61 Å². The number of aryl methyl sites for hydroxylation is 1. The molecule has 0 atom stereocenters. The summed E-state index contributed by atoms with van der Waals surface area (Å²) in [5, 5.41) is 9.42. The zero-order valence-corrected chi connectivity index (χ0v) is 15.7. The fourth-order valence-corrected chi connectivity index (χ4v) is 2.80. The Morgan fingerprint density at radius 2 is 1.92 bits per heavy atom. The highest BCUT2D eigenvalue weighted by atomic mass is 16.6. The van der Waals surface area contributed by atoms with Gasteiger partial charge in [0.15, 0.2) is 11.5 Å². The van der Waals surface area contributed by atoms with Crippen LogP contribution in [0.15, 0.2) is 35.9 Å². The number of aromatic nitrogens is 1. The maximum atomic E-state index is 12.5. The molecule has 0 saturated heterocycles. The lowest BCUT2D eigenvalue weighted by Crippen LogP contribution is -2.11. The number of carbonyl (C=O) groups is 1. The van der Waals surface area contributed by atoms with E-state index in [4.69, 9.17) is 9.47 Å². The predicted octanol–water partition coefficient (Wildman–Crippen LogP) is 4.43. The van der Waals surface area contributed by atoms with Crippen LogP contribution >= 0.6 is 0 Å². The zero-order valence-electron chi connectivity index (χ0n) is 15.7. The molecule has 0 radical (unpaired) electrons. The molecule has 0 amide bonds. The Morgan fingerprint density at radius 1 is 1.23 bits per heavy atom. The molecular weight excluding hydrogens is 328 g/mol. The first-order valence-electron chi connectivity index (χ1n) is 8.74. The molecule has 0 spiro atoms. The van der Waals surface area contributed by atoms with E-state index >= 15 is 0 Å². The van der Waals surface area contributed by atoms with E-state index in [1.165, 1.54) is 0 Å². The first-order valence-corrected chi connectivity index (χ1v) is 8.74. The molecule has 1 heterocycles. The molecule has 2 aromatic rings. The molecule has 5 nitrogen and oxygen atoms in total. The lowest BCUT2D eigenvalue weighted by Gasteiger charge is -2.09. The van der Waals surface area contributed by atoms with E-state index in [1.54, 1.807) is 30.3 Å². The van der Waals surface area contributed by atoms with Crippen LogP contribution in [0.2, 0.25) is 0 Å². The van der Waals surface area contributed by atoms with Gasteiger partial charge >= 0.3 is 5.97 Å². The van der Waals surface area contributed by atoms with Gasteiger partial charge in [-0.15, -0.1) is 0 Å². The quantitative estimate of drug-likeness (QED) is 0.320. The Balaban J connectivity index is 2.29. The lowest BCUT2D eigenvalue weighted by atomic mass is 10.1. The summed E-state index contributed by atoms with van der Waals surface area (Å²) < 4.78 is 13.0. The van der Waals surface area contributed by atoms with Crippen molar-refractivity contribution in [2.24, 2.45) is 0 Å². The van der Waals surface area contributed by atoms with Crippen LogP contribution in [0.1, 0.15) is 37.2 Å². The highest BCUT2D eigenvalue weighted by Gasteiger charge is 2.16. The van der Waals surface area contributed by atoms with Crippen molar-refractivity contribution in [1.29, 1.82) is 5.26 Å². The number of carbonyl (C=O) groups excluding carboxylic acids is 1. The number of hydrogen-bond donors (Lipinski definition) is 0. The minimum Gasteiger partial charge on any atom is -0.490 e. The summed E-state index contributed by atoms with van der Waals surface area (Å²) in [7, 11) is 0. The lowest BCUT2D eigenvalue weighted by molar-refractivity contribution is -0.129. The van der Waals surface area contributed by atoms with E-state index < -0.39 is 5.97 Å². The third-order valence-corrected chi connectivity index (χ3v) is 4.05. The monoisotopic (exact) mass is 352 g/mol. The molecule has 0 saturated carbocycles. The van der Waals surface area contributed by atoms with Gasteiger partial charge in [0.25, 0.3) is 0 Å². The van der Waals surface area contributed by atoms with E-state index in [0.717, 1.165) is 29.9 Å². The topological polar surface area (TPSA) is 64.2 Å². The molecule has 0 unspecified atom stereocenters. The van der Waals surface area contributed by atoms with Gasteiger partial charge in [0, 0.05) is 17.9 Å². The van der Waals surface area contributed by atoms with E-state index in [-0.39, 0.29) is 5.57 Å². The van der Waals surface area contributed by atoms with Gasteiger partial charge in [-0.3, -0.25) is 0 Å². The van der Waals surface area contributed by atoms with E-state index in [9.17, 15) is 10.1 Å². The van der Waals surface area contributed by atoms with Crippen LogP contribution < -0.4 is 9.47 Å². The standard InChI is InChI=1S/C21H24N2O3/c1-5-11-23-15(3)12-17(16(23)4)13-18(14-22)21(24)26-20-10-8-7-9-19(20)25-6-2/h7-10,12-13H,5-6,11H2,1-4H3/b18-13+. The molecule has 26 heavy (non-hydrogen) atoms. The first-order chi connectivity index (χ1) is 12.5. The number of nitriles is 1. The molecule has 0 aliphatic rings. The van der Waals surface area contributed by atoms with Gasteiger partial charge < -0.3 is 14.0 Å². The van der Waals surface area contributed by atoms with Gasteiger partial charge in [0.1, 0.15) is 11.6 Å². The van der Waals surface area contributed by atoms with E-state index in [2.05, 4.69) is 11.5 Å². The van der Waals surface area contributed by atoms with Crippen LogP contribution in [0.4, 0.5) is 0 Å². The van der Waals surface area contributed by atoms with Crippen LogP contribution in [0, 0.1) is 25.2 Å². The number of para-hydroxylation sites is 2. The smallest absolute Gasteiger partial charge is 0.354 e. The van der Waals surface area contributed by atoms with E-state index in [0.29, 0.717) is 18.1 Å². The minimum absolute atomic E-state index is 0.0481. The normalized spacial score (nSPS) is 11.1. The molecular formula is C21H24N2O3. The molecule has 0 aliphatic carbocycles. The summed E-state index contributed by atoms with van der Waals surface area (Å²) in [4.78, 5) is 12.5. The van der Waals surface area contributed by atoms with Gasteiger partial charge in [-0.2, -0.15) is 5.26 Å². The molecule has 0 bridgehead atoms. The Kier molecular flexibility index (Phi) is 6.62. The van der Waals surface area contributed by atoms with Crippen molar-refractivity contribution >= 4 is 12.0 Å². The summed E-state index contributed by atoms with van der Waals surface area (Å²) in [6.07, 6.45) is 2.60. The molecule has 5 heteroatoms. The second kappa shape index (κ2) is 8.91. The number of esters is 1. The van der Waals surface area contributed by atoms with Gasteiger partial charge in [0.05, 0.1) is 6.61 Å². The van der Waals surface area contributed by atoms with Crippen LogP contribution in [-0.4, -0.2) is 17.1 Å². The average Bonchev–Trinajstić information content (AvgIpc) is 2.89. The van der Waals surface area contributed by atoms with Crippen molar-refractivity contribution in [2.45, 2.75) is 40.7 Å². The molecule has 136 valence electrons. The average molecular weight is 352 g/mol. The highest BCUT2D eigenvalue weighted by Crippen LogP contribution is 2.27. The third-order valence-electron chi connectivity index (χ3n) is 4.05. The summed E-state index contributed by atoms with van der Waals surface area (Å²) >= 11 is 0. The number of benzene rings is 1. The van der Waals surface area contributed by atoms with Gasteiger partial charge in [-0.1, -0.05) is 19.1 Å². The maximum absolute atomic E-state index is 12.5. The minimum atomic E-state index is -0.694. The van der Waals surface area contributed by atoms with Crippen LogP contribution in [0.5, 0.6) is 11.5 Å². The summed E-state index contributed by atoms with van der Waals surface area (Å²) in [5.74, 6) is 0.0821. The fourth-order valence-electron chi connectivity index (χ4n) is 2.80. The van der Waals surface area contributed by atoms with Gasteiger partial charge in [-0.25, -0.2) is 4.79 Å². The number of ether oxygens (including phenoxy) is 2. The zero-order chi connectivity index (χ0) is 19.1. The third kappa shape index (κ3) is 4.34. The SMILES string of the molecule is CCCn1c(C)cc(/C=C(\C#N)C(=O)Oc2ccccc2OCC)c1C. The van der Waals surface area contributed by atoms with E-state index in [1.807, 2.05) is 32.9 Å². The summed E-state index contributed by atoms with van der Waals surface area (Å²) in [6.45, 7) is 9.33. The Labute approximate surface area is 154 Å². The predicted molar refractivity (Wildman–Crippen MR) is 101 cm³/mol. The Bertz CT molecular complexity index is 857. The van der Waals surface area contributed by atoms with Crippen LogP contribution in [-0.2, 0) is 11.3 Å². The van der Waals surface area contributed by atoms with Crippen LogP contribution in [0.3, 0.4) is 0 Å². The Hall–Kier alpha value is -3.00. The number of nitrogens with zero attached hydrogens (tertiary/aromatic N) is 2. The van der Waals surface area contributed by atoms with Gasteiger partial charge in [-0.05, 0) is 57.0 Å². The van der Waals surface area contributed by atoms with Crippen molar-refractivity contribution < 1.29 is 14.3 Å². The fraction of sp³-hybridized carbons (Fsp3) is 0.333. The molecule has 2 rings (SSSR count). The highest BCUT2D eigenvalue weighted by molar-refractivity contribution is 5.99. The second-order valence-electron chi connectivity index (χ2n) is 5.92. The van der Waals surface area contributed by atoms with Crippen molar-refractivity contribution in [3.63, 3.8) is 0 Å². The Morgan fingerprint density at radius 3 is 2.54 bits per heavy atom. The second-order valence-corrected chi connectivity index (χ2v) is 5.92. The summed E-state index contributed by atoms with van der Waals surface area (Å²) in [5.41, 5.74) is 2.93. The van der Waals surface area contributed by atoms with Crippen molar-refractivity contribution in [3.05, 3.63) is 52.9 Å². The maximum Gasteiger partial charge on any atom is 0.354 e. The van der Waals surface area contributed by atoms with Gasteiger partial charge in [0.2, 0.25) is 0 Å². The molecule has 0 N–H and O–H groups in total. The van der Waals surface area contributed by atoms with Crippen molar-refractivity contribution in [1.82, 2.24) is 4.57 Å². The van der Waals surface area contributed by atoms with Crippen molar-refractivity contribution in [3.8, 4) is 17.6 Å². The largest absolute Gasteiger partial charge is 0.490 e. The molecule has 0 aliphatic heterocycles. The molecule has 0 fully saturated rings. The molecule has 1 aromatic heterocycles. The number of rotatable bonds is 7. The van der Waals surface area contributed by atoms with Crippen LogP contribution in [0.25, 0.3) is 6.08 Å². The first kappa shape index (κ1) is 19.3. The number of hydrogen-bond acceptors (Lipinski definition) is 4. The molecule has 1 aromatic carbocycles.